The van der Waals surface area contributed by atoms with Crippen molar-refractivity contribution >= 4 is 9.84 Å². The van der Waals surface area contributed by atoms with Crippen molar-refractivity contribution in [2.75, 3.05) is 18.6 Å². The lowest BCUT2D eigenvalue weighted by atomic mass is 9.91. The molecule has 2 unspecified atom stereocenters. The van der Waals surface area contributed by atoms with Crippen LogP contribution in [0.4, 0.5) is 0 Å². The van der Waals surface area contributed by atoms with Crippen molar-refractivity contribution < 1.29 is 13.2 Å². The van der Waals surface area contributed by atoms with E-state index in [9.17, 15) is 8.42 Å². The lowest BCUT2D eigenvalue weighted by molar-refractivity contribution is 0.399. The molecule has 17 heavy (non-hydrogen) atoms. The number of ether oxygens (including phenoxy) is 1. The number of nitrogens with two attached hydrogens (primary N) is 1. The van der Waals surface area contributed by atoms with Crippen molar-refractivity contribution in [3.63, 3.8) is 0 Å². The Morgan fingerprint density at radius 1 is 1.35 bits per heavy atom. The molecule has 0 aliphatic carbocycles. The molecule has 1 aliphatic heterocycles. The van der Waals surface area contributed by atoms with Crippen molar-refractivity contribution in [1.29, 1.82) is 0 Å². The van der Waals surface area contributed by atoms with Crippen molar-refractivity contribution in [2.45, 2.75) is 18.4 Å². The third kappa shape index (κ3) is 2.61. The molecule has 94 valence electrons. The monoisotopic (exact) mass is 255 g/mol. The molecule has 4 nitrogen and oxygen atoms in total. The lowest BCUT2D eigenvalue weighted by Gasteiger charge is -2.29. The molecular formula is C12H17NO3S. The Morgan fingerprint density at radius 2 is 2.06 bits per heavy atom. The quantitative estimate of drug-likeness (QED) is 0.853. The Bertz CT molecular complexity index is 498. The summed E-state index contributed by atoms with van der Waals surface area (Å²) in [6, 6.07) is 7.36. The van der Waals surface area contributed by atoms with Gasteiger partial charge in [0.1, 0.15) is 5.75 Å². The first-order chi connectivity index (χ1) is 8.03. The van der Waals surface area contributed by atoms with Gasteiger partial charge in [0.25, 0.3) is 0 Å². The average Bonchev–Trinajstić information content (AvgIpc) is 2.32. The first kappa shape index (κ1) is 12.4. The van der Waals surface area contributed by atoms with Gasteiger partial charge in [-0.05, 0) is 18.1 Å². The highest BCUT2D eigenvalue weighted by atomic mass is 32.2. The van der Waals surface area contributed by atoms with Crippen LogP contribution < -0.4 is 10.5 Å². The van der Waals surface area contributed by atoms with E-state index in [1.807, 2.05) is 24.3 Å². The first-order valence-corrected chi connectivity index (χ1v) is 7.44. The fourth-order valence-electron chi connectivity index (χ4n) is 2.29. The van der Waals surface area contributed by atoms with Crippen molar-refractivity contribution in [3.05, 3.63) is 29.8 Å². The van der Waals surface area contributed by atoms with Gasteiger partial charge < -0.3 is 10.5 Å². The van der Waals surface area contributed by atoms with Crippen LogP contribution in [0.15, 0.2) is 24.3 Å². The molecule has 0 radical (unpaired) electrons. The van der Waals surface area contributed by atoms with E-state index in [0.717, 1.165) is 5.56 Å². The number of benzene rings is 1. The fourth-order valence-corrected chi connectivity index (χ4v) is 4.06. The summed E-state index contributed by atoms with van der Waals surface area (Å²) in [5.41, 5.74) is 6.93. The van der Waals surface area contributed by atoms with E-state index in [-0.39, 0.29) is 23.5 Å². The molecule has 5 heteroatoms. The predicted molar refractivity (Wildman–Crippen MR) is 67.0 cm³/mol. The molecule has 2 N–H and O–H groups in total. The Labute approximate surface area is 102 Å². The molecule has 0 aromatic heterocycles. The Balaban J connectivity index is 2.37. The maximum atomic E-state index is 11.7. The minimum atomic E-state index is -2.97. The zero-order valence-electron chi connectivity index (χ0n) is 9.80. The molecule has 1 fully saturated rings. The average molecular weight is 255 g/mol. The van der Waals surface area contributed by atoms with E-state index < -0.39 is 9.84 Å². The number of hydrogen-bond donors (Lipinski definition) is 1. The van der Waals surface area contributed by atoms with E-state index in [0.29, 0.717) is 12.2 Å². The molecule has 1 aliphatic rings. The van der Waals surface area contributed by atoms with E-state index in [1.54, 1.807) is 7.11 Å². The molecule has 1 heterocycles. The molecule has 0 bridgehead atoms. The molecule has 0 amide bonds. The summed E-state index contributed by atoms with van der Waals surface area (Å²) in [5.74, 6) is 0.865. The van der Waals surface area contributed by atoms with Gasteiger partial charge in [-0.1, -0.05) is 18.2 Å². The number of hydrogen-bond acceptors (Lipinski definition) is 4. The van der Waals surface area contributed by atoms with Crippen LogP contribution in [0.3, 0.4) is 0 Å². The van der Waals surface area contributed by atoms with E-state index in [2.05, 4.69) is 0 Å². The smallest absolute Gasteiger partial charge is 0.151 e. The highest BCUT2D eigenvalue weighted by Crippen LogP contribution is 2.33. The van der Waals surface area contributed by atoms with Crippen molar-refractivity contribution in [3.8, 4) is 5.75 Å². The SMILES string of the molecule is COc1ccccc1C1CS(=O)(=O)CCC1N. The molecule has 0 spiro atoms. The van der Waals surface area contributed by atoms with Gasteiger partial charge in [0, 0.05) is 12.0 Å². The van der Waals surface area contributed by atoms with Gasteiger partial charge in [0.15, 0.2) is 9.84 Å². The number of sulfone groups is 1. The fraction of sp³-hybridized carbons (Fsp3) is 0.500. The highest BCUT2D eigenvalue weighted by molar-refractivity contribution is 7.91. The Morgan fingerprint density at radius 3 is 2.76 bits per heavy atom. The third-order valence-corrected chi connectivity index (χ3v) is 4.98. The summed E-state index contributed by atoms with van der Waals surface area (Å²) < 4.78 is 28.6. The van der Waals surface area contributed by atoms with Crippen molar-refractivity contribution in [2.24, 2.45) is 5.73 Å². The number of methoxy groups -OCH3 is 1. The summed E-state index contributed by atoms with van der Waals surface area (Å²) in [7, 11) is -1.39. The molecule has 2 atom stereocenters. The summed E-state index contributed by atoms with van der Waals surface area (Å²) >= 11 is 0. The zero-order valence-corrected chi connectivity index (χ0v) is 10.6. The molecule has 1 aromatic carbocycles. The molecule has 0 saturated carbocycles. The van der Waals surface area contributed by atoms with Crippen LogP contribution in [0.5, 0.6) is 5.75 Å². The predicted octanol–water partition coefficient (Wildman–Crippen LogP) is 0.925. The van der Waals surface area contributed by atoms with Crippen LogP contribution in [0.2, 0.25) is 0 Å². The van der Waals surface area contributed by atoms with E-state index in [4.69, 9.17) is 10.5 Å². The normalized spacial score (nSPS) is 27.6. The van der Waals surface area contributed by atoms with Gasteiger partial charge in [-0.2, -0.15) is 0 Å². The maximum Gasteiger partial charge on any atom is 0.151 e. The lowest BCUT2D eigenvalue weighted by Crippen LogP contribution is -2.40. The largest absolute Gasteiger partial charge is 0.496 e. The van der Waals surface area contributed by atoms with Gasteiger partial charge in [0.2, 0.25) is 0 Å². The topological polar surface area (TPSA) is 69.4 Å². The Kier molecular flexibility index (Phi) is 3.40. The van der Waals surface area contributed by atoms with Crippen LogP contribution >= 0.6 is 0 Å². The van der Waals surface area contributed by atoms with Crippen LogP contribution in [0.25, 0.3) is 0 Å². The molecule has 1 saturated heterocycles. The molecular weight excluding hydrogens is 238 g/mol. The van der Waals surface area contributed by atoms with Crippen LogP contribution in [0, 0.1) is 0 Å². The maximum absolute atomic E-state index is 11.7. The minimum Gasteiger partial charge on any atom is -0.496 e. The van der Waals surface area contributed by atoms with Crippen LogP contribution in [-0.4, -0.2) is 33.1 Å². The van der Waals surface area contributed by atoms with Gasteiger partial charge in [-0.25, -0.2) is 8.42 Å². The standard InChI is InChI=1S/C12H17NO3S/c1-16-12-5-3-2-4-9(12)10-8-17(14,15)7-6-11(10)13/h2-5,10-11H,6-8,13H2,1H3. The summed E-state index contributed by atoms with van der Waals surface area (Å²) in [4.78, 5) is 0. The van der Waals surface area contributed by atoms with Crippen LogP contribution in [-0.2, 0) is 9.84 Å². The Hall–Kier alpha value is -1.07. The zero-order chi connectivity index (χ0) is 12.5. The first-order valence-electron chi connectivity index (χ1n) is 5.62. The third-order valence-electron chi connectivity index (χ3n) is 3.25. The van der Waals surface area contributed by atoms with Crippen molar-refractivity contribution in [1.82, 2.24) is 0 Å². The van der Waals surface area contributed by atoms with E-state index >= 15 is 0 Å². The van der Waals surface area contributed by atoms with Gasteiger partial charge in [-0.3, -0.25) is 0 Å². The second kappa shape index (κ2) is 4.66. The second-order valence-corrected chi connectivity index (χ2v) is 6.64. The molecule has 2 rings (SSSR count). The second-order valence-electron chi connectivity index (χ2n) is 4.42. The number of para-hydroxylation sites is 1. The van der Waals surface area contributed by atoms with E-state index in [1.165, 1.54) is 0 Å². The number of rotatable bonds is 2. The summed E-state index contributed by atoms with van der Waals surface area (Å²) in [5, 5.41) is 0. The minimum absolute atomic E-state index is 0.116. The summed E-state index contributed by atoms with van der Waals surface area (Å²) in [6.07, 6.45) is 0.519. The van der Waals surface area contributed by atoms with Gasteiger partial charge in [-0.15, -0.1) is 0 Å². The van der Waals surface area contributed by atoms with Gasteiger partial charge in [0.05, 0.1) is 18.6 Å². The van der Waals surface area contributed by atoms with Gasteiger partial charge >= 0.3 is 0 Å². The summed E-state index contributed by atoms with van der Waals surface area (Å²) in [6.45, 7) is 0. The van der Waals surface area contributed by atoms with Crippen LogP contribution in [0.1, 0.15) is 17.9 Å². The highest BCUT2D eigenvalue weighted by Gasteiger charge is 2.33. The molecule has 1 aromatic rings.